The fourth-order valence-corrected chi connectivity index (χ4v) is 5.00. The minimum atomic E-state index is -0.658. The summed E-state index contributed by atoms with van der Waals surface area (Å²) >= 11 is 0. The molecule has 200 valence electrons. The smallest absolute Gasteiger partial charge is 0.336 e. The summed E-state index contributed by atoms with van der Waals surface area (Å²) < 4.78 is 11.2. The lowest BCUT2D eigenvalue weighted by Crippen LogP contribution is -2.39. The van der Waals surface area contributed by atoms with Gasteiger partial charge in [-0.1, -0.05) is 72.8 Å². The van der Waals surface area contributed by atoms with Crippen molar-refractivity contribution in [3.8, 4) is 0 Å². The summed E-state index contributed by atoms with van der Waals surface area (Å²) in [5.41, 5.74) is 5.45. The number of aliphatic imine (C=N–C) groups is 1. The molecular weight excluding hydrogens is 488 g/mol. The van der Waals surface area contributed by atoms with Crippen molar-refractivity contribution in [2.75, 3.05) is 13.2 Å². The Morgan fingerprint density at radius 2 is 1.21 bits per heavy atom. The van der Waals surface area contributed by atoms with E-state index in [9.17, 15) is 9.59 Å². The van der Waals surface area contributed by atoms with E-state index in [0.717, 1.165) is 22.4 Å². The number of nitrogens with zero attached hydrogens (tertiary/aromatic N) is 2. The molecule has 0 amide bonds. The Morgan fingerprint density at radius 1 is 0.718 bits per heavy atom. The standard InChI is InChI=1S/C33H34N2O4/c1-6-38-32(36)28-23(4)35(31(25-17-10-8-11-18-25)34-26-19-12-9-13-20-26)24(5)29(33(37)39-7-2)30(28)27-21-15-14-16-22(27)3/h8-21,30H,6-7H2,1-5H3. The van der Waals surface area contributed by atoms with Gasteiger partial charge in [-0.3, -0.25) is 0 Å². The largest absolute Gasteiger partial charge is 0.463 e. The summed E-state index contributed by atoms with van der Waals surface area (Å²) in [6.07, 6.45) is 0. The second-order valence-corrected chi connectivity index (χ2v) is 9.20. The molecule has 0 N–H and O–H groups in total. The molecule has 0 saturated carbocycles. The Morgan fingerprint density at radius 3 is 1.72 bits per heavy atom. The van der Waals surface area contributed by atoms with Crippen LogP contribution < -0.4 is 0 Å². The van der Waals surface area contributed by atoms with Crippen molar-refractivity contribution in [3.63, 3.8) is 0 Å². The van der Waals surface area contributed by atoms with Crippen LogP contribution in [0, 0.1) is 6.92 Å². The lowest BCUT2D eigenvalue weighted by molar-refractivity contribution is -0.139. The molecule has 6 nitrogen and oxygen atoms in total. The zero-order valence-electron chi connectivity index (χ0n) is 23.1. The average Bonchev–Trinajstić information content (AvgIpc) is 2.93. The summed E-state index contributed by atoms with van der Waals surface area (Å²) in [5.74, 6) is -1.03. The van der Waals surface area contributed by atoms with E-state index in [0.29, 0.717) is 28.4 Å². The molecule has 0 atom stereocenters. The van der Waals surface area contributed by atoms with Gasteiger partial charge in [0.2, 0.25) is 0 Å². The van der Waals surface area contributed by atoms with Gasteiger partial charge in [0.25, 0.3) is 0 Å². The molecule has 1 aliphatic rings. The minimum Gasteiger partial charge on any atom is -0.463 e. The zero-order valence-corrected chi connectivity index (χ0v) is 23.1. The first-order valence-corrected chi connectivity index (χ1v) is 13.2. The molecule has 0 radical (unpaired) electrons. The summed E-state index contributed by atoms with van der Waals surface area (Å²) in [7, 11) is 0. The number of allylic oxidation sites excluding steroid dienone is 2. The van der Waals surface area contributed by atoms with Gasteiger partial charge < -0.3 is 14.4 Å². The predicted octanol–water partition coefficient (Wildman–Crippen LogP) is 6.85. The maximum Gasteiger partial charge on any atom is 0.336 e. The van der Waals surface area contributed by atoms with Gasteiger partial charge in [0, 0.05) is 17.0 Å². The lowest BCUT2D eigenvalue weighted by atomic mass is 9.78. The van der Waals surface area contributed by atoms with Crippen LogP contribution in [-0.4, -0.2) is 35.9 Å². The van der Waals surface area contributed by atoms with Crippen LogP contribution in [0.1, 0.15) is 50.3 Å². The van der Waals surface area contributed by atoms with E-state index in [1.807, 2.05) is 111 Å². The van der Waals surface area contributed by atoms with Crippen molar-refractivity contribution in [3.05, 3.63) is 124 Å². The van der Waals surface area contributed by atoms with Crippen LogP contribution in [0.2, 0.25) is 0 Å². The number of carbonyl (C=O) groups excluding carboxylic acids is 2. The van der Waals surface area contributed by atoms with E-state index in [1.165, 1.54) is 0 Å². The van der Waals surface area contributed by atoms with Gasteiger partial charge in [-0.2, -0.15) is 0 Å². The van der Waals surface area contributed by atoms with Crippen molar-refractivity contribution in [2.24, 2.45) is 4.99 Å². The number of aryl methyl sites for hydroxylation is 1. The molecule has 0 aromatic heterocycles. The molecule has 4 rings (SSSR count). The second-order valence-electron chi connectivity index (χ2n) is 9.20. The summed E-state index contributed by atoms with van der Waals surface area (Å²) in [6, 6.07) is 27.1. The number of hydrogen-bond donors (Lipinski definition) is 0. The highest BCUT2D eigenvalue weighted by atomic mass is 16.5. The highest BCUT2D eigenvalue weighted by Crippen LogP contribution is 2.44. The van der Waals surface area contributed by atoms with E-state index in [2.05, 4.69) is 0 Å². The molecule has 39 heavy (non-hydrogen) atoms. The zero-order chi connectivity index (χ0) is 27.9. The van der Waals surface area contributed by atoms with E-state index >= 15 is 0 Å². The van der Waals surface area contributed by atoms with E-state index < -0.39 is 17.9 Å². The molecule has 3 aromatic carbocycles. The van der Waals surface area contributed by atoms with E-state index in [4.69, 9.17) is 14.5 Å². The maximum absolute atomic E-state index is 13.7. The fourth-order valence-electron chi connectivity index (χ4n) is 5.00. The van der Waals surface area contributed by atoms with Gasteiger partial charge >= 0.3 is 11.9 Å². The third-order valence-corrected chi connectivity index (χ3v) is 6.75. The number of para-hydroxylation sites is 1. The molecule has 3 aromatic rings. The van der Waals surface area contributed by atoms with Crippen molar-refractivity contribution < 1.29 is 19.1 Å². The summed E-state index contributed by atoms with van der Waals surface area (Å²) in [4.78, 5) is 34.3. The fraction of sp³-hybridized carbons (Fsp3) is 0.242. The summed E-state index contributed by atoms with van der Waals surface area (Å²) in [6.45, 7) is 9.70. The monoisotopic (exact) mass is 522 g/mol. The first-order chi connectivity index (χ1) is 18.9. The Labute approximate surface area is 230 Å². The number of benzene rings is 3. The molecule has 6 heteroatoms. The molecule has 0 unspecified atom stereocenters. The molecule has 1 heterocycles. The number of hydrogen-bond acceptors (Lipinski definition) is 5. The number of amidine groups is 1. The Balaban J connectivity index is 2.07. The quantitative estimate of drug-likeness (QED) is 0.193. The third kappa shape index (κ3) is 5.70. The van der Waals surface area contributed by atoms with Crippen LogP contribution in [0.4, 0.5) is 5.69 Å². The Bertz CT molecular complexity index is 1400. The van der Waals surface area contributed by atoms with Crippen LogP contribution in [0.5, 0.6) is 0 Å². The van der Waals surface area contributed by atoms with Gasteiger partial charge in [-0.05, 0) is 57.9 Å². The SMILES string of the molecule is CCOC(=O)C1=C(C)N(C(=Nc2ccccc2)c2ccccc2)C(C)=C(C(=O)OCC)C1c1ccccc1C. The lowest BCUT2D eigenvalue weighted by Gasteiger charge is -2.38. The molecule has 0 aliphatic carbocycles. The highest BCUT2D eigenvalue weighted by molar-refractivity contribution is 6.07. The average molecular weight is 523 g/mol. The first kappa shape index (κ1) is 27.6. The van der Waals surface area contributed by atoms with Crippen molar-refractivity contribution in [1.82, 2.24) is 4.90 Å². The van der Waals surface area contributed by atoms with Gasteiger partial charge in [0.05, 0.1) is 36.0 Å². The Kier molecular flexibility index (Phi) is 8.77. The van der Waals surface area contributed by atoms with E-state index in [-0.39, 0.29) is 13.2 Å². The number of rotatable bonds is 7. The molecular formula is C33H34N2O4. The normalized spacial score (nSPS) is 14.5. The molecule has 0 fully saturated rings. The number of ether oxygens (including phenoxy) is 2. The second kappa shape index (κ2) is 12.4. The molecule has 0 saturated heterocycles. The van der Waals surface area contributed by atoms with Gasteiger partial charge in [-0.25, -0.2) is 14.6 Å². The van der Waals surface area contributed by atoms with Crippen molar-refractivity contribution >= 4 is 23.5 Å². The summed E-state index contributed by atoms with van der Waals surface area (Å²) in [5, 5.41) is 0. The maximum atomic E-state index is 13.7. The molecule has 1 aliphatic heterocycles. The van der Waals surface area contributed by atoms with E-state index in [1.54, 1.807) is 13.8 Å². The van der Waals surface area contributed by atoms with Crippen LogP contribution >= 0.6 is 0 Å². The first-order valence-electron chi connectivity index (χ1n) is 13.2. The number of esters is 2. The van der Waals surface area contributed by atoms with Gasteiger partial charge in [-0.15, -0.1) is 0 Å². The van der Waals surface area contributed by atoms with Crippen LogP contribution in [0.15, 0.2) is 112 Å². The topological polar surface area (TPSA) is 68.2 Å². The van der Waals surface area contributed by atoms with Gasteiger partial charge in [0.15, 0.2) is 0 Å². The number of carbonyl (C=O) groups is 2. The van der Waals surface area contributed by atoms with Crippen LogP contribution in [0.25, 0.3) is 0 Å². The predicted molar refractivity (Wildman–Crippen MR) is 154 cm³/mol. The Hall–Kier alpha value is -4.45. The van der Waals surface area contributed by atoms with Crippen LogP contribution in [-0.2, 0) is 19.1 Å². The third-order valence-electron chi connectivity index (χ3n) is 6.75. The van der Waals surface area contributed by atoms with Crippen LogP contribution in [0.3, 0.4) is 0 Å². The molecule has 0 spiro atoms. The molecule has 0 bridgehead atoms. The highest BCUT2D eigenvalue weighted by Gasteiger charge is 2.42. The van der Waals surface area contributed by atoms with Gasteiger partial charge in [0.1, 0.15) is 5.84 Å². The van der Waals surface area contributed by atoms with Crippen molar-refractivity contribution in [1.29, 1.82) is 0 Å². The minimum absolute atomic E-state index is 0.206. The van der Waals surface area contributed by atoms with Crippen molar-refractivity contribution in [2.45, 2.75) is 40.5 Å².